The first kappa shape index (κ1) is 16.1. The maximum Gasteiger partial charge on any atom is 0.133 e. The zero-order chi connectivity index (χ0) is 15.4. The second kappa shape index (κ2) is 7.14. The smallest absolute Gasteiger partial charge is 0.133 e. The Kier molecular flexibility index (Phi) is 5.48. The van der Waals surface area contributed by atoms with Crippen LogP contribution >= 0.6 is 15.9 Å². The molecule has 1 atom stereocenters. The third kappa shape index (κ3) is 3.89. The number of hydrogen-bond donors (Lipinski definition) is 1. The second-order valence-electron chi connectivity index (χ2n) is 5.15. The summed E-state index contributed by atoms with van der Waals surface area (Å²) in [5.41, 5.74) is 2.49. The van der Waals surface area contributed by atoms with Crippen molar-refractivity contribution in [2.24, 2.45) is 0 Å². The zero-order valence-electron chi connectivity index (χ0n) is 13.0. The Bertz CT molecular complexity index is 607. The number of nitrogens with one attached hydrogen (secondary N) is 1. The highest BCUT2D eigenvalue weighted by molar-refractivity contribution is 9.10. The van der Waals surface area contributed by atoms with E-state index in [0.717, 1.165) is 34.7 Å². The number of ether oxygens (including phenoxy) is 1. The Morgan fingerprint density at radius 3 is 2.57 bits per heavy atom. The number of rotatable bonds is 6. The van der Waals surface area contributed by atoms with Crippen LogP contribution in [0.5, 0.6) is 5.75 Å². The Hall–Kier alpha value is -1.26. The number of benzene rings is 1. The number of likely N-dealkylation sites (N-methyl/N-ethyl adjacent to an activating group) is 1. The van der Waals surface area contributed by atoms with Gasteiger partial charge in [-0.05, 0) is 66.5 Å². The molecule has 114 valence electrons. The van der Waals surface area contributed by atoms with Gasteiger partial charge in [0.05, 0.1) is 11.6 Å². The molecule has 4 heteroatoms. The van der Waals surface area contributed by atoms with E-state index in [2.05, 4.69) is 46.4 Å². The molecular weight excluding hydrogens is 330 g/mol. The van der Waals surface area contributed by atoms with Crippen LogP contribution in [0.3, 0.4) is 0 Å². The van der Waals surface area contributed by atoms with Crippen molar-refractivity contribution in [3.05, 3.63) is 51.4 Å². The van der Waals surface area contributed by atoms with Crippen LogP contribution in [0.15, 0.2) is 33.2 Å². The van der Waals surface area contributed by atoms with Crippen molar-refractivity contribution in [2.45, 2.75) is 33.2 Å². The fourth-order valence-electron chi connectivity index (χ4n) is 2.61. The van der Waals surface area contributed by atoms with Crippen LogP contribution in [0.25, 0.3) is 0 Å². The molecule has 0 fully saturated rings. The standard InChI is InChI=1S/C17H22BrNO2/c1-5-19-16(14-8-11(2)21-12(14)3)10-13-6-7-17(20-4)15(18)9-13/h6-9,16,19H,5,10H2,1-4H3. The van der Waals surface area contributed by atoms with Gasteiger partial charge in [-0.1, -0.05) is 13.0 Å². The molecule has 1 aromatic heterocycles. The first-order valence-electron chi connectivity index (χ1n) is 7.17. The van der Waals surface area contributed by atoms with E-state index in [1.807, 2.05) is 19.9 Å². The van der Waals surface area contributed by atoms with E-state index < -0.39 is 0 Å². The van der Waals surface area contributed by atoms with Gasteiger partial charge in [0.15, 0.2) is 0 Å². The molecule has 1 aromatic carbocycles. The third-order valence-electron chi connectivity index (χ3n) is 3.56. The summed E-state index contributed by atoms with van der Waals surface area (Å²) in [5.74, 6) is 2.81. The van der Waals surface area contributed by atoms with E-state index in [0.29, 0.717) is 0 Å². The van der Waals surface area contributed by atoms with Crippen molar-refractivity contribution in [1.82, 2.24) is 5.32 Å². The monoisotopic (exact) mass is 351 g/mol. The Morgan fingerprint density at radius 2 is 2.05 bits per heavy atom. The molecule has 0 amide bonds. The number of furan rings is 1. The number of halogens is 1. The maximum atomic E-state index is 5.67. The van der Waals surface area contributed by atoms with Crippen molar-refractivity contribution >= 4 is 15.9 Å². The average Bonchev–Trinajstić information content (AvgIpc) is 2.77. The summed E-state index contributed by atoms with van der Waals surface area (Å²) in [4.78, 5) is 0. The number of hydrogen-bond acceptors (Lipinski definition) is 3. The van der Waals surface area contributed by atoms with Gasteiger partial charge in [0.1, 0.15) is 17.3 Å². The van der Waals surface area contributed by atoms with Gasteiger partial charge in [-0.3, -0.25) is 0 Å². The van der Waals surface area contributed by atoms with Crippen molar-refractivity contribution in [3.63, 3.8) is 0 Å². The first-order chi connectivity index (χ1) is 10.0. The lowest BCUT2D eigenvalue weighted by Gasteiger charge is -2.18. The molecule has 0 saturated carbocycles. The lowest BCUT2D eigenvalue weighted by Crippen LogP contribution is -2.23. The average molecular weight is 352 g/mol. The molecule has 1 unspecified atom stereocenters. The van der Waals surface area contributed by atoms with Crippen LogP contribution < -0.4 is 10.1 Å². The quantitative estimate of drug-likeness (QED) is 0.828. The molecule has 3 nitrogen and oxygen atoms in total. The summed E-state index contributed by atoms with van der Waals surface area (Å²) in [5, 5.41) is 3.54. The predicted molar refractivity (Wildman–Crippen MR) is 89.0 cm³/mol. The van der Waals surface area contributed by atoms with Crippen LogP contribution in [0.2, 0.25) is 0 Å². The van der Waals surface area contributed by atoms with E-state index in [9.17, 15) is 0 Å². The summed E-state index contributed by atoms with van der Waals surface area (Å²) >= 11 is 3.55. The number of methoxy groups -OCH3 is 1. The minimum atomic E-state index is 0.257. The van der Waals surface area contributed by atoms with E-state index >= 15 is 0 Å². The van der Waals surface area contributed by atoms with Crippen molar-refractivity contribution in [1.29, 1.82) is 0 Å². The van der Waals surface area contributed by atoms with Crippen LogP contribution in [0.1, 0.15) is 35.6 Å². The molecule has 0 radical (unpaired) electrons. The summed E-state index contributed by atoms with van der Waals surface area (Å²) in [6.07, 6.45) is 0.913. The summed E-state index contributed by atoms with van der Waals surface area (Å²) < 4.78 is 11.9. The molecule has 0 aliphatic rings. The van der Waals surface area contributed by atoms with Gasteiger partial charge >= 0.3 is 0 Å². The summed E-state index contributed by atoms with van der Waals surface area (Å²) in [7, 11) is 1.68. The first-order valence-corrected chi connectivity index (χ1v) is 7.97. The molecule has 0 saturated heterocycles. The molecule has 1 N–H and O–H groups in total. The lowest BCUT2D eigenvalue weighted by atomic mass is 9.99. The predicted octanol–water partition coefficient (Wildman–Crippen LogP) is 4.56. The highest BCUT2D eigenvalue weighted by Gasteiger charge is 2.17. The van der Waals surface area contributed by atoms with Crippen LogP contribution in [-0.4, -0.2) is 13.7 Å². The SMILES string of the molecule is CCNC(Cc1ccc(OC)c(Br)c1)c1cc(C)oc1C. The minimum absolute atomic E-state index is 0.257. The molecule has 0 spiro atoms. The van der Waals surface area contributed by atoms with Crippen LogP contribution in [0.4, 0.5) is 0 Å². The highest BCUT2D eigenvalue weighted by atomic mass is 79.9. The Balaban J connectivity index is 2.24. The van der Waals surface area contributed by atoms with E-state index in [1.54, 1.807) is 7.11 Å². The zero-order valence-corrected chi connectivity index (χ0v) is 14.6. The topological polar surface area (TPSA) is 34.4 Å². The van der Waals surface area contributed by atoms with Crippen LogP contribution in [-0.2, 0) is 6.42 Å². The molecule has 2 aromatic rings. The van der Waals surface area contributed by atoms with E-state index in [4.69, 9.17) is 9.15 Å². The molecule has 0 aliphatic carbocycles. The maximum absolute atomic E-state index is 5.67. The van der Waals surface area contributed by atoms with Gasteiger partial charge in [0.2, 0.25) is 0 Å². The molecule has 0 aliphatic heterocycles. The molecule has 21 heavy (non-hydrogen) atoms. The number of aryl methyl sites for hydroxylation is 2. The van der Waals surface area contributed by atoms with Gasteiger partial charge in [0.25, 0.3) is 0 Å². The molecular formula is C17H22BrNO2. The summed E-state index contributed by atoms with van der Waals surface area (Å²) in [6.45, 7) is 7.06. The summed E-state index contributed by atoms with van der Waals surface area (Å²) in [6, 6.07) is 8.60. The highest BCUT2D eigenvalue weighted by Crippen LogP contribution is 2.29. The van der Waals surface area contributed by atoms with Gasteiger partial charge in [0, 0.05) is 11.6 Å². The van der Waals surface area contributed by atoms with Crippen molar-refractivity contribution < 1.29 is 9.15 Å². The largest absolute Gasteiger partial charge is 0.496 e. The Labute approximate surface area is 134 Å². The second-order valence-corrected chi connectivity index (χ2v) is 6.01. The fourth-order valence-corrected chi connectivity index (χ4v) is 3.20. The fraction of sp³-hybridized carbons (Fsp3) is 0.412. The molecule has 2 rings (SSSR count). The third-order valence-corrected chi connectivity index (χ3v) is 4.18. The lowest BCUT2D eigenvalue weighted by molar-refractivity contribution is 0.412. The van der Waals surface area contributed by atoms with E-state index in [1.165, 1.54) is 11.1 Å². The van der Waals surface area contributed by atoms with E-state index in [-0.39, 0.29) is 6.04 Å². The Morgan fingerprint density at radius 1 is 1.29 bits per heavy atom. The van der Waals surface area contributed by atoms with Gasteiger partial charge < -0.3 is 14.5 Å². The van der Waals surface area contributed by atoms with Gasteiger partial charge in [-0.15, -0.1) is 0 Å². The van der Waals surface area contributed by atoms with Crippen molar-refractivity contribution in [2.75, 3.05) is 13.7 Å². The van der Waals surface area contributed by atoms with Crippen LogP contribution in [0, 0.1) is 13.8 Å². The van der Waals surface area contributed by atoms with Gasteiger partial charge in [-0.25, -0.2) is 0 Å². The van der Waals surface area contributed by atoms with Gasteiger partial charge in [-0.2, -0.15) is 0 Å². The minimum Gasteiger partial charge on any atom is -0.496 e. The molecule has 0 bridgehead atoms. The normalized spacial score (nSPS) is 12.4. The molecule has 1 heterocycles. The van der Waals surface area contributed by atoms with Crippen molar-refractivity contribution in [3.8, 4) is 5.75 Å².